The second-order valence-electron chi connectivity index (χ2n) is 1.79. The SMILES string of the molecule is [CH2]C(=O)OCCC(C)Cl. The van der Waals surface area contributed by atoms with E-state index in [0.717, 1.165) is 0 Å². The Balaban J connectivity index is 3.01. The third kappa shape index (κ3) is 7.76. The molecule has 0 aliphatic rings. The Morgan fingerprint density at radius 1 is 1.89 bits per heavy atom. The summed E-state index contributed by atoms with van der Waals surface area (Å²) in [7, 11) is 0. The van der Waals surface area contributed by atoms with Gasteiger partial charge in [-0.05, 0) is 13.3 Å². The summed E-state index contributed by atoms with van der Waals surface area (Å²) in [5, 5.41) is 0.0596. The fourth-order valence-corrected chi connectivity index (χ4v) is 0.424. The van der Waals surface area contributed by atoms with Gasteiger partial charge in [0, 0.05) is 5.38 Å². The molecular formula is C6H10ClO2. The van der Waals surface area contributed by atoms with Gasteiger partial charge >= 0.3 is 5.97 Å². The maximum absolute atomic E-state index is 10.0. The molecule has 0 N–H and O–H groups in total. The van der Waals surface area contributed by atoms with Gasteiger partial charge in [-0.15, -0.1) is 11.6 Å². The van der Waals surface area contributed by atoms with E-state index < -0.39 is 5.97 Å². The van der Waals surface area contributed by atoms with Gasteiger partial charge in [0.15, 0.2) is 0 Å². The molecular weight excluding hydrogens is 140 g/mol. The van der Waals surface area contributed by atoms with E-state index in [9.17, 15) is 4.79 Å². The third-order valence-corrected chi connectivity index (χ3v) is 0.997. The zero-order valence-corrected chi connectivity index (χ0v) is 6.15. The molecule has 0 fully saturated rings. The molecule has 3 heteroatoms. The van der Waals surface area contributed by atoms with Crippen LogP contribution in [0.1, 0.15) is 13.3 Å². The number of hydrogen-bond acceptors (Lipinski definition) is 2. The number of carbonyl (C=O) groups is 1. The lowest BCUT2D eigenvalue weighted by molar-refractivity contribution is -0.138. The van der Waals surface area contributed by atoms with Crippen molar-refractivity contribution in [1.29, 1.82) is 0 Å². The van der Waals surface area contributed by atoms with Crippen molar-refractivity contribution in [3.8, 4) is 0 Å². The Morgan fingerprint density at radius 2 is 2.44 bits per heavy atom. The quantitative estimate of drug-likeness (QED) is 0.448. The summed E-state index contributed by atoms with van der Waals surface area (Å²) in [5.41, 5.74) is 0. The minimum absolute atomic E-state index is 0.0596. The van der Waals surface area contributed by atoms with Gasteiger partial charge in [-0.25, -0.2) is 0 Å². The highest BCUT2D eigenvalue weighted by atomic mass is 35.5. The van der Waals surface area contributed by atoms with Crippen molar-refractivity contribution in [2.45, 2.75) is 18.7 Å². The molecule has 0 spiro atoms. The average molecular weight is 150 g/mol. The van der Waals surface area contributed by atoms with Crippen LogP contribution in [-0.4, -0.2) is 18.0 Å². The van der Waals surface area contributed by atoms with Crippen LogP contribution in [0.25, 0.3) is 0 Å². The predicted molar refractivity (Wildman–Crippen MR) is 36.2 cm³/mol. The zero-order chi connectivity index (χ0) is 7.28. The second-order valence-corrected chi connectivity index (χ2v) is 2.53. The number of esters is 1. The molecule has 0 amide bonds. The van der Waals surface area contributed by atoms with Crippen LogP contribution in [0.5, 0.6) is 0 Å². The highest BCUT2D eigenvalue weighted by Gasteiger charge is 1.96. The lowest BCUT2D eigenvalue weighted by atomic mass is 10.3. The Hall–Kier alpha value is -0.240. The number of rotatable bonds is 3. The molecule has 1 unspecified atom stereocenters. The largest absolute Gasteiger partial charge is 0.466 e. The Bertz CT molecular complexity index is 91.1. The predicted octanol–water partition coefficient (Wildman–Crippen LogP) is 1.38. The van der Waals surface area contributed by atoms with Crippen LogP contribution in [-0.2, 0) is 9.53 Å². The smallest absolute Gasteiger partial charge is 0.306 e. The molecule has 1 atom stereocenters. The monoisotopic (exact) mass is 149 g/mol. The molecule has 0 aliphatic heterocycles. The van der Waals surface area contributed by atoms with Gasteiger partial charge in [0.2, 0.25) is 0 Å². The van der Waals surface area contributed by atoms with Gasteiger partial charge in [0.1, 0.15) is 0 Å². The van der Waals surface area contributed by atoms with E-state index in [1.54, 1.807) is 0 Å². The lowest BCUT2D eigenvalue weighted by Crippen LogP contribution is -2.04. The summed E-state index contributed by atoms with van der Waals surface area (Å²) in [6, 6.07) is 0. The number of ether oxygens (including phenoxy) is 1. The molecule has 0 saturated heterocycles. The highest BCUT2D eigenvalue weighted by molar-refractivity contribution is 6.20. The van der Waals surface area contributed by atoms with Crippen LogP contribution in [0.4, 0.5) is 0 Å². The minimum atomic E-state index is -0.493. The fraction of sp³-hybridized carbons (Fsp3) is 0.667. The molecule has 0 rings (SSSR count). The fourth-order valence-electron chi connectivity index (χ4n) is 0.335. The molecule has 0 saturated carbocycles. The zero-order valence-electron chi connectivity index (χ0n) is 5.39. The van der Waals surface area contributed by atoms with Crippen LogP contribution < -0.4 is 0 Å². The molecule has 0 aromatic carbocycles. The molecule has 53 valence electrons. The Labute approximate surface area is 60.1 Å². The summed E-state index contributed by atoms with van der Waals surface area (Å²) in [4.78, 5) is 10.0. The minimum Gasteiger partial charge on any atom is -0.466 e. The first-order valence-corrected chi connectivity index (χ1v) is 3.19. The van der Waals surface area contributed by atoms with Crippen molar-refractivity contribution in [3.05, 3.63) is 6.92 Å². The van der Waals surface area contributed by atoms with Crippen molar-refractivity contribution >= 4 is 17.6 Å². The van der Waals surface area contributed by atoms with Crippen LogP contribution in [0.15, 0.2) is 0 Å². The average Bonchev–Trinajstić information content (AvgIpc) is 1.63. The van der Waals surface area contributed by atoms with Crippen molar-refractivity contribution in [2.75, 3.05) is 6.61 Å². The summed E-state index contributed by atoms with van der Waals surface area (Å²) < 4.78 is 4.52. The van der Waals surface area contributed by atoms with Crippen LogP contribution in [0.3, 0.4) is 0 Å². The standard InChI is InChI=1S/C6H10ClO2/c1-5(7)3-4-9-6(2)8/h5H,2-4H2,1H3. The first-order valence-electron chi connectivity index (χ1n) is 2.75. The van der Waals surface area contributed by atoms with Crippen molar-refractivity contribution < 1.29 is 9.53 Å². The van der Waals surface area contributed by atoms with Gasteiger partial charge in [-0.2, -0.15) is 0 Å². The highest BCUT2D eigenvalue weighted by Crippen LogP contribution is 1.99. The van der Waals surface area contributed by atoms with E-state index in [1.807, 2.05) is 6.92 Å². The Kier molecular flexibility index (Phi) is 4.50. The van der Waals surface area contributed by atoms with Crippen LogP contribution in [0.2, 0.25) is 0 Å². The van der Waals surface area contributed by atoms with Crippen molar-refractivity contribution in [1.82, 2.24) is 0 Å². The van der Waals surface area contributed by atoms with Gasteiger partial charge in [0.05, 0.1) is 13.5 Å². The normalized spacial score (nSPS) is 12.8. The Morgan fingerprint density at radius 3 is 2.78 bits per heavy atom. The van der Waals surface area contributed by atoms with Crippen LogP contribution in [0, 0.1) is 6.92 Å². The van der Waals surface area contributed by atoms with E-state index in [0.29, 0.717) is 13.0 Å². The van der Waals surface area contributed by atoms with E-state index in [2.05, 4.69) is 11.7 Å². The van der Waals surface area contributed by atoms with E-state index in [-0.39, 0.29) is 5.38 Å². The summed E-state index contributed by atoms with van der Waals surface area (Å²) >= 11 is 5.55. The number of hydrogen-bond donors (Lipinski definition) is 0. The van der Waals surface area contributed by atoms with Crippen LogP contribution >= 0.6 is 11.6 Å². The molecule has 0 heterocycles. The van der Waals surface area contributed by atoms with Crippen molar-refractivity contribution in [2.24, 2.45) is 0 Å². The maximum atomic E-state index is 10.0. The van der Waals surface area contributed by atoms with Gasteiger partial charge in [-0.3, -0.25) is 4.79 Å². The molecule has 2 nitrogen and oxygen atoms in total. The number of halogens is 1. The third-order valence-electron chi connectivity index (χ3n) is 0.779. The summed E-state index contributed by atoms with van der Waals surface area (Å²) in [5.74, 6) is -0.493. The van der Waals surface area contributed by atoms with Gasteiger partial charge < -0.3 is 4.74 Å². The first-order chi connectivity index (χ1) is 4.13. The maximum Gasteiger partial charge on any atom is 0.306 e. The lowest BCUT2D eigenvalue weighted by Gasteiger charge is -2.01. The second kappa shape index (κ2) is 4.62. The molecule has 0 aromatic rings. The molecule has 0 bridgehead atoms. The van der Waals surface area contributed by atoms with E-state index in [1.165, 1.54) is 0 Å². The van der Waals surface area contributed by atoms with Crippen molar-refractivity contribution in [3.63, 3.8) is 0 Å². The molecule has 0 aromatic heterocycles. The molecule has 0 aliphatic carbocycles. The summed E-state index contributed by atoms with van der Waals surface area (Å²) in [6.45, 7) is 5.24. The molecule has 1 radical (unpaired) electrons. The van der Waals surface area contributed by atoms with E-state index >= 15 is 0 Å². The summed E-state index contributed by atoms with van der Waals surface area (Å²) in [6.07, 6.45) is 0.683. The number of alkyl halides is 1. The topological polar surface area (TPSA) is 26.3 Å². The first kappa shape index (κ1) is 8.76. The molecule has 9 heavy (non-hydrogen) atoms. The van der Waals surface area contributed by atoms with Gasteiger partial charge in [0.25, 0.3) is 0 Å². The van der Waals surface area contributed by atoms with E-state index in [4.69, 9.17) is 11.6 Å². The number of carbonyl (C=O) groups excluding carboxylic acids is 1. The van der Waals surface area contributed by atoms with Gasteiger partial charge in [-0.1, -0.05) is 0 Å².